The van der Waals surface area contributed by atoms with Crippen LogP contribution in [0.15, 0.2) is 18.2 Å². The van der Waals surface area contributed by atoms with Crippen molar-refractivity contribution in [3.8, 4) is 5.75 Å². The van der Waals surface area contributed by atoms with E-state index in [9.17, 15) is 4.79 Å². The van der Waals surface area contributed by atoms with Gasteiger partial charge in [-0.25, -0.2) is 0 Å². The summed E-state index contributed by atoms with van der Waals surface area (Å²) in [6, 6.07) is 4.82. The first-order valence-corrected chi connectivity index (χ1v) is 9.11. The minimum absolute atomic E-state index is 0.166. The molecule has 24 heavy (non-hydrogen) atoms. The predicted octanol–water partition coefficient (Wildman–Crippen LogP) is 3.35. The summed E-state index contributed by atoms with van der Waals surface area (Å²) in [5.74, 6) is 0.664. The van der Waals surface area contributed by atoms with Crippen LogP contribution in [0.5, 0.6) is 5.75 Å². The molecule has 1 aromatic rings. The number of nitrogens with two attached hydrogens (primary N) is 1. The first-order valence-electron chi connectivity index (χ1n) is 8.74. The molecule has 1 unspecified atom stereocenters. The molecule has 5 nitrogen and oxygen atoms in total. The molecule has 3 N–H and O–H groups in total. The van der Waals surface area contributed by atoms with Crippen molar-refractivity contribution in [1.82, 2.24) is 0 Å². The first kappa shape index (κ1) is 17.5. The number of ether oxygens (including phenoxy) is 2. The summed E-state index contributed by atoms with van der Waals surface area (Å²) in [5, 5.41) is 3.37. The smallest absolute Gasteiger partial charge is 0.241 e. The third-order valence-corrected chi connectivity index (χ3v) is 5.17. The molecule has 1 heterocycles. The van der Waals surface area contributed by atoms with Crippen molar-refractivity contribution >= 4 is 23.2 Å². The molecule has 3 rings (SSSR count). The van der Waals surface area contributed by atoms with Gasteiger partial charge >= 0.3 is 0 Å². The number of rotatable bonds is 5. The number of hydrogen-bond donors (Lipinski definition) is 2. The molecule has 0 spiro atoms. The summed E-state index contributed by atoms with van der Waals surface area (Å²) >= 11 is 6.30. The van der Waals surface area contributed by atoms with E-state index in [1.165, 1.54) is 12.8 Å². The molecule has 1 aliphatic heterocycles. The van der Waals surface area contributed by atoms with Gasteiger partial charge in [-0.3, -0.25) is 4.79 Å². The summed E-state index contributed by atoms with van der Waals surface area (Å²) in [7, 11) is 0. The van der Waals surface area contributed by atoms with Gasteiger partial charge in [-0.05, 0) is 62.6 Å². The van der Waals surface area contributed by atoms with Crippen LogP contribution in [0.2, 0.25) is 5.02 Å². The maximum Gasteiger partial charge on any atom is 0.241 e. The van der Waals surface area contributed by atoms with Gasteiger partial charge in [0.25, 0.3) is 0 Å². The number of anilines is 1. The minimum atomic E-state index is -0.526. The van der Waals surface area contributed by atoms with Gasteiger partial charge in [-0.1, -0.05) is 11.6 Å². The Balaban J connectivity index is 1.58. The van der Waals surface area contributed by atoms with Crippen LogP contribution in [0.1, 0.15) is 38.5 Å². The average molecular weight is 353 g/mol. The molecule has 0 radical (unpaired) electrons. The van der Waals surface area contributed by atoms with Gasteiger partial charge in [-0.15, -0.1) is 0 Å². The van der Waals surface area contributed by atoms with Crippen molar-refractivity contribution in [2.45, 2.75) is 50.7 Å². The van der Waals surface area contributed by atoms with Crippen molar-refractivity contribution < 1.29 is 14.3 Å². The number of carbonyl (C=O) groups is 1. The number of nitrogens with one attached hydrogen (secondary N) is 1. The lowest BCUT2D eigenvalue weighted by atomic mass is 9.92. The molecule has 0 bridgehead atoms. The van der Waals surface area contributed by atoms with Crippen molar-refractivity contribution in [3.05, 3.63) is 23.2 Å². The van der Waals surface area contributed by atoms with Gasteiger partial charge in [0, 0.05) is 18.9 Å². The number of amides is 1. The highest BCUT2D eigenvalue weighted by Gasteiger charge is 2.26. The maximum atomic E-state index is 12.3. The van der Waals surface area contributed by atoms with Gasteiger partial charge in [0.15, 0.2) is 0 Å². The molecule has 2 aliphatic rings. The Hall–Kier alpha value is -1.30. The van der Waals surface area contributed by atoms with E-state index in [1.807, 2.05) is 12.1 Å². The monoisotopic (exact) mass is 352 g/mol. The average Bonchev–Trinajstić information content (AvgIpc) is 3.10. The SMILES string of the molecule is NC(C(=O)Nc1ccc(OC2CCCC2)c(Cl)c1)C1CCOCC1. The molecule has 1 atom stereocenters. The van der Waals surface area contributed by atoms with Crippen molar-refractivity contribution in [2.75, 3.05) is 18.5 Å². The molecule has 1 aliphatic carbocycles. The van der Waals surface area contributed by atoms with Gasteiger partial charge in [-0.2, -0.15) is 0 Å². The molecule has 132 valence electrons. The molecule has 1 saturated heterocycles. The highest BCUT2D eigenvalue weighted by molar-refractivity contribution is 6.32. The lowest BCUT2D eigenvalue weighted by Crippen LogP contribution is -2.44. The van der Waals surface area contributed by atoms with Gasteiger partial charge in [0.05, 0.1) is 17.2 Å². The molecule has 6 heteroatoms. The molecule has 0 aromatic heterocycles. The zero-order chi connectivity index (χ0) is 16.9. The van der Waals surface area contributed by atoms with E-state index in [1.54, 1.807) is 6.07 Å². The lowest BCUT2D eigenvalue weighted by molar-refractivity contribution is -0.119. The second-order valence-electron chi connectivity index (χ2n) is 6.63. The number of benzene rings is 1. The van der Waals surface area contributed by atoms with E-state index in [0.717, 1.165) is 25.7 Å². The zero-order valence-electron chi connectivity index (χ0n) is 13.8. The van der Waals surface area contributed by atoms with Crippen LogP contribution in [0, 0.1) is 5.92 Å². The molecular weight excluding hydrogens is 328 g/mol. The Bertz CT molecular complexity index is 569. The Morgan fingerprint density at radius 1 is 1.25 bits per heavy atom. The van der Waals surface area contributed by atoms with E-state index in [2.05, 4.69) is 5.32 Å². The predicted molar refractivity (Wildman–Crippen MR) is 94.5 cm³/mol. The summed E-state index contributed by atoms with van der Waals surface area (Å²) in [5.41, 5.74) is 6.74. The van der Waals surface area contributed by atoms with Crippen LogP contribution in [0.25, 0.3) is 0 Å². The van der Waals surface area contributed by atoms with Crippen LogP contribution >= 0.6 is 11.6 Å². The summed E-state index contributed by atoms with van der Waals surface area (Å²) in [6.07, 6.45) is 6.47. The standard InChI is InChI=1S/C18H25ClN2O3/c19-15-11-13(5-6-16(15)24-14-3-1-2-4-14)21-18(22)17(20)12-7-9-23-10-8-12/h5-6,11-12,14,17H,1-4,7-10,20H2,(H,21,22). The van der Waals surface area contributed by atoms with E-state index in [0.29, 0.717) is 29.7 Å². The highest BCUT2D eigenvalue weighted by atomic mass is 35.5. The van der Waals surface area contributed by atoms with E-state index in [-0.39, 0.29) is 17.9 Å². The van der Waals surface area contributed by atoms with Gasteiger partial charge < -0.3 is 20.5 Å². The number of carbonyl (C=O) groups excluding carboxylic acids is 1. The Kier molecular flexibility index (Phi) is 5.98. The van der Waals surface area contributed by atoms with Crippen LogP contribution in [-0.2, 0) is 9.53 Å². The topological polar surface area (TPSA) is 73.6 Å². The molecule has 1 amide bonds. The Morgan fingerprint density at radius 2 is 1.96 bits per heavy atom. The third-order valence-electron chi connectivity index (χ3n) is 4.87. The normalized spacial score (nSPS) is 20.8. The van der Waals surface area contributed by atoms with Crippen molar-refractivity contribution in [2.24, 2.45) is 11.7 Å². The fourth-order valence-electron chi connectivity index (χ4n) is 3.37. The van der Waals surface area contributed by atoms with E-state index >= 15 is 0 Å². The van der Waals surface area contributed by atoms with Crippen LogP contribution in [-0.4, -0.2) is 31.3 Å². The fourth-order valence-corrected chi connectivity index (χ4v) is 3.60. The Labute approximate surface area is 147 Å². The minimum Gasteiger partial charge on any atom is -0.489 e. The largest absolute Gasteiger partial charge is 0.489 e. The van der Waals surface area contributed by atoms with Crippen LogP contribution < -0.4 is 15.8 Å². The highest BCUT2D eigenvalue weighted by Crippen LogP contribution is 2.32. The van der Waals surface area contributed by atoms with Gasteiger partial charge in [0.2, 0.25) is 5.91 Å². The third kappa shape index (κ3) is 4.41. The summed E-state index contributed by atoms with van der Waals surface area (Å²) in [4.78, 5) is 12.3. The maximum absolute atomic E-state index is 12.3. The van der Waals surface area contributed by atoms with E-state index < -0.39 is 6.04 Å². The number of hydrogen-bond acceptors (Lipinski definition) is 4. The molecule has 2 fully saturated rings. The van der Waals surface area contributed by atoms with Crippen molar-refractivity contribution in [3.63, 3.8) is 0 Å². The van der Waals surface area contributed by atoms with E-state index in [4.69, 9.17) is 26.8 Å². The lowest BCUT2D eigenvalue weighted by Gasteiger charge is -2.26. The quantitative estimate of drug-likeness (QED) is 0.852. The molecular formula is C18H25ClN2O3. The summed E-state index contributed by atoms with van der Waals surface area (Å²) in [6.45, 7) is 1.34. The Morgan fingerprint density at radius 3 is 2.62 bits per heavy atom. The summed E-state index contributed by atoms with van der Waals surface area (Å²) < 4.78 is 11.2. The molecule has 1 aromatic carbocycles. The van der Waals surface area contributed by atoms with Gasteiger partial charge in [0.1, 0.15) is 5.75 Å². The van der Waals surface area contributed by atoms with Crippen LogP contribution in [0.4, 0.5) is 5.69 Å². The first-order chi connectivity index (χ1) is 11.6. The second-order valence-corrected chi connectivity index (χ2v) is 7.04. The second kappa shape index (κ2) is 8.19. The van der Waals surface area contributed by atoms with Crippen LogP contribution in [0.3, 0.4) is 0 Å². The van der Waals surface area contributed by atoms with Crippen molar-refractivity contribution in [1.29, 1.82) is 0 Å². The fraction of sp³-hybridized carbons (Fsp3) is 0.611. The number of halogens is 1. The molecule has 1 saturated carbocycles. The zero-order valence-corrected chi connectivity index (χ0v) is 14.6.